The molecule has 2 aliphatic heterocycles. The number of benzene rings is 3. The van der Waals surface area contributed by atoms with Gasteiger partial charge in [-0.15, -0.1) is 0 Å². The van der Waals surface area contributed by atoms with Crippen molar-refractivity contribution in [2.45, 2.75) is 44.6 Å². The Hall–Kier alpha value is -2.85. The molecule has 0 aliphatic carbocycles. The molecule has 2 fully saturated rings. The van der Waals surface area contributed by atoms with Gasteiger partial charge in [-0.25, -0.2) is 4.79 Å². The first-order valence-electron chi connectivity index (χ1n) is 11.9. The normalized spacial score (nSPS) is 21.7. The molecule has 2 saturated heterocycles. The van der Waals surface area contributed by atoms with Gasteiger partial charge in [0.15, 0.2) is 0 Å². The molecule has 0 aromatic heterocycles. The molecule has 5 rings (SSSR count). The fourth-order valence-electron chi connectivity index (χ4n) is 5.26. The molecule has 4 heteroatoms. The molecule has 4 nitrogen and oxygen atoms in total. The van der Waals surface area contributed by atoms with E-state index in [0.29, 0.717) is 11.7 Å². The van der Waals surface area contributed by atoms with Crippen LogP contribution in [0.5, 0.6) is 5.75 Å². The smallest absolute Gasteiger partial charge is 0.410 e. The van der Waals surface area contributed by atoms with Gasteiger partial charge in [0.05, 0.1) is 0 Å². The average molecular weight is 429 g/mol. The fraction of sp³-hybridized carbons (Fsp3) is 0.393. The number of likely N-dealkylation sites (tertiary alicyclic amines) is 2. The maximum absolute atomic E-state index is 13.3. The highest BCUT2D eigenvalue weighted by atomic mass is 16.6. The van der Waals surface area contributed by atoms with E-state index in [4.69, 9.17) is 4.74 Å². The lowest BCUT2D eigenvalue weighted by molar-refractivity contribution is 0.0903. The predicted molar refractivity (Wildman–Crippen MR) is 129 cm³/mol. The fourth-order valence-corrected chi connectivity index (χ4v) is 5.26. The Morgan fingerprint density at radius 1 is 0.938 bits per heavy atom. The number of carbonyl (C=O) groups is 1. The second-order valence-corrected chi connectivity index (χ2v) is 9.36. The van der Waals surface area contributed by atoms with Crippen LogP contribution in [-0.4, -0.2) is 48.1 Å². The Morgan fingerprint density at radius 2 is 1.69 bits per heavy atom. The lowest BCUT2D eigenvalue weighted by Crippen LogP contribution is -2.51. The van der Waals surface area contributed by atoms with Gasteiger partial charge < -0.3 is 14.5 Å². The Balaban J connectivity index is 1.32. The zero-order valence-electron chi connectivity index (χ0n) is 18.9. The Labute approximate surface area is 190 Å². The molecule has 2 aliphatic rings. The summed E-state index contributed by atoms with van der Waals surface area (Å²) in [7, 11) is 0. The van der Waals surface area contributed by atoms with Gasteiger partial charge in [-0.05, 0) is 80.1 Å². The van der Waals surface area contributed by atoms with Gasteiger partial charge >= 0.3 is 6.09 Å². The van der Waals surface area contributed by atoms with Crippen molar-refractivity contribution in [3.8, 4) is 5.75 Å². The third-order valence-electron chi connectivity index (χ3n) is 7.09. The summed E-state index contributed by atoms with van der Waals surface area (Å²) in [5.41, 5.74) is 2.68. The summed E-state index contributed by atoms with van der Waals surface area (Å²) in [6.45, 7) is 6.09. The lowest BCUT2D eigenvalue weighted by Gasteiger charge is -2.40. The third kappa shape index (κ3) is 4.66. The molecule has 2 unspecified atom stereocenters. The monoisotopic (exact) mass is 428 g/mol. The summed E-state index contributed by atoms with van der Waals surface area (Å²) >= 11 is 0. The van der Waals surface area contributed by atoms with E-state index in [1.165, 1.54) is 24.0 Å². The SMILES string of the molecule is Cc1ccc(C2CCN(C(=O)Oc3ccc4ccccc4c3)C(CN3CCCC3)C2)cc1. The molecule has 166 valence electrons. The molecule has 0 spiro atoms. The van der Waals surface area contributed by atoms with Crippen molar-refractivity contribution in [3.05, 3.63) is 77.9 Å². The van der Waals surface area contributed by atoms with Crippen molar-refractivity contribution in [1.82, 2.24) is 9.80 Å². The van der Waals surface area contributed by atoms with Crippen LogP contribution in [0, 0.1) is 6.92 Å². The minimum Gasteiger partial charge on any atom is -0.410 e. The third-order valence-corrected chi connectivity index (χ3v) is 7.09. The van der Waals surface area contributed by atoms with Gasteiger partial charge in [-0.1, -0.05) is 60.2 Å². The van der Waals surface area contributed by atoms with Gasteiger partial charge in [-0.2, -0.15) is 0 Å². The maximum Gasteiger partial charge on any atom is 0.415 e. The summed E-state index contributed by atoms with van der Waals surface area (Å²) in [6, 6.07) is 23.1. The van der Waals surface area contributed by atoms with Crippen LogP contribution in [0.4, 0.5) is 4.79 Å². The van der Waals surface area contributed by atoms with E-state index in [2.05, 4.69) is 48.2 Å². The first kappa shape index (κ1) is 21.0. The van der Waals surface area contributed by atoms with E-state index in [1.807, 2.05) is 35.2 Å². The van der Waals surface area contributed by atoms with Crippen molar-refractivity contribution in [2.75, 3.05) is 26.2 Å². The molecule has 3 aromatic carbocycles. The number of hydrogen-bond donors (Lipinski definition) is 0. The summed E-state index contributed by atoms with van der Waals surface area (Å²) in [6.07, 6.45) is 4.27. The summed E-state index contributed by atoms with van der Waals surface area (Å²) in [4.78, 5) is 17.8. The topological polar surface area (TPSA) is 32.8 Å². The van der Waals surface area contributed by atoms with Gasteiger partial charge in [0.25, 0.3) is 0 Å². The Kier molecular flexibility index (Phi) is 6.13. The molecular formula is C28H32N2O2. The predicted octanol–water partition coefficient (Wildman–Crippen LogP) is 5.99. The summed E-state index contributed by atoms with van der Waals surface area (Å²) < 4.78 is 5.88. The van der Waals surface area contributed by atoms with Crippen LogP contribution >= 0.6 is 0 Å². The first-order chi connectivity index (χ1) is 15.7. The number of amides is 1. The summed E-state index contributed by atoms with van der Waals surface area (Å²) in [5, 5.41) is 2.24. The molecule has 2 atom stereocenters. The molecule has 0 radical (unpaired) electrons. The highest BCUT2D eigenvalue weighted by Gasteiger charge is 2.35. The van der Waals surface area contributed by atoms with Crippen molar-refractivity contribution < 1.29 is 9.53 Å². The van der Waals surface area contributed by atoms with Crippen molar-refractivity contribution in [1.29, 1.82) is 0 Å². The molecule has 0 saturated carbocycles. The largest absolute Gasteiger partial charge is 0.415 e. The van der Waals surface area contributed by atoms with Crippen LogP contribution in [0.15, 0.2) is 66.7 Å². The lowest BCUT2D eigenvalue weighted by atomic mass is 9.85. The highest BCUT2D eigenvalue weighted by Crippen LogP contribution is 2.33. The minimum atomic E-state index is -0.216. The number of hydrogen-bond acceptors (Lipinski definition) is 3. The number of carbonyl (C=O) groups excluding carboxylic acids is 1. The van der Waals surface area contributed by atoms with Crippen LogP contribution in [0.3, 0.4) is 0 Å². The van der Waals surface area contributed by atoms with Crippen LogP contribution in [-0.2, 0) is 0 Å². The standard InChI is InChI=1S/C28H32N2O2/c1-21-8-10-23(11-9-21)25-14-17-30(26(18-25)20-29-15-4-5-16-29)28(31)32-27-13-12-22-6-2-3-7-24(22)19-27/h2-3,6-13,19,25-26H,4-5,14-18,20H2,1H3. The van der Waals surface area contributed by atoms with E-state index < -0.39 is 0 Å². The second kappa shape index (κ2) is 9.33. The number of aryl methyl sites for hydroxylation is 1. The average Bonchev–Trinajstić information content (AvgIpc) is 3.32. The number of fused-ring (bicyclic) bond motifs is 1. The number of piperidine rings is 1. The number of ether oxygens (including phenoxy) is 1. The minimum absolute atomic E-state index is 0.182. The highest BCUT2D eigenvalue weighted by molar-refractivity contribution is 5.84. The van der Waals surface area contributed by atoms with Crippen molar-refractivity contribution >= 4 is 16.9 Å². The van der Waals surface area contributed by atoms with E-state index >= 15 is 0 Å². The van der Waals surface area contributed by atoms with Gasteiger partial charge in [0.2, 0.25) is 0 Å². The molecule has 32 heavy (non-hydrogen) atoms. The summed E-state index contributed by atoms with van der Waals surface area (Å²) in [5.74, 6) is 1.11. The van der Waals surface area contributed by atoms with Crippen LogP contribution < -0.4 is 4.74 Å². The molecule has 1 amide bonds. The Morgan fingerprint density at radius 3 is 2.47 bits per heavy atom. The van der Waals surface area contributed by atoms with Gasteiger partial charge in [0, 0.05) is 19.1 Å². The zero-order valence-corrected chi connectivity index (χ0v) is 18.9. The molecular weight excluding hydrogens is 396 g/mol. The molecule has 0 bridgehead atoms. The number of nitrogens with zero attached hydrogens (tertiary/aromatic N) is 2. The van der Waals surface area contributed by atoms with Crippen molar-refractivity contribution in [3.63, 3.8) is 0 Å². The number of rotatable bonds is 4. The molecule has 0 N–H and O–H groups in total. The van der Waals surface area contributed by atoms with Crippen LogP contribution in [0.1, 0.15) is 42.7 Å². The van der Waals surface area contributed by atoms with Crippen molar-refractivity contribution in [2.24, 2.45) is 0 Å². The quantitative estimate of drug-likeness (QED) is 0.512. The van der Waals surface area contributed by atoms with Gasteiger partial charge in [-0.3, -0.25) is 0 Å². The van der Waals surface area contributed by atoms with Crippen LogP contribution in [0.25, 0.3) is 10.8 Å². The first-order valence-corrected chi connectivity index (χ1v) is 11.9. The second-order valence-electron chi connectivity index (χ2n) is 9.36. The Bertz CT molecular complexity index is 1070. The van der Waals surface area contributed by atoms with Crippen LogP contribution in [0.2, 0.25) is 0 Å². The van der Waals surface area contributed by atoms with E-state index in [0.717, 1.165) is 49.8 Å². The maximum atomic E-state index is 13.3. The van der Waals surface area contributed by atoms with E-state index in [-0.39, 0.29) is 12.1 Å². The van der Waals surface area contributed by atoms with E-state index in [9.17, 15) is 4.79 Å². The van der Waals surface area contributed by atoms with E-state index in [1.54, 1.807) is 0 Å². The molecule has 2 heterocycles. The molecule has 3 aromatic rings. The van der Waals surface area contributed by atoms with Gasteiger partial charge in [0.1, 0.15) is 5.75 Å². The zero-order chi connectivity index (χ0) is 21.9.